The van der Waals surface area contributed by atoms with Crippen LogP contribution >= 0.6 is 0 Å². The molecule has 0 heterocycles. The average Bonchev–Trinajstić information content (AvgIpc) is 2.37. The minimum Gasteiger partial charge on any atom is -0.482 e. The Labute approximate surface area is 118 Å². The molecule has 0 unspecified atom stereocenters. The van der Waals surface area contributed by atoms with Gasteiger partial charge < -0.3 is 10.5 Å². The number of nitrogens with zero attached hydrogens (tertiary/aromatic N) is 2. The van der Waals surface area contributed by atoms with Gasteiger partial charge in [0, 0.05) is 0 Å². The largest absolute Gasteiger partial charge is 0.482 e. The lowest BCUT2D eigenvalue weighted by molar-refractivity contribution is -0.153. The molecule has 0 aliphatic rings. The van der Waals surface area contributed by atoms with E-state index < -0.39 is 24.3 Å². The Kier molecular flexibility index (Phi) is 5.12. The Hall–Kier alpha value is -2.76. The molecular weight excluding hydrogens is 287 g/mol. The normalized spacial score (nSPS) is 11.7. The Morgan fingerprint density at radius 3 is 2.71 bits per heavy atom. The second kappa shape index (κ2) is 6.60. The third-order valence-corrected chi connectivity index (χ3v) is 2.18. The van der Waals surface area contributed by atoms with Gasteiger partial charge in [-0.05, 0) is 24.6 Å². The highest BCUT2D eigenvalue weighted by atomic mass is 19.4. The lowest BCUT2D eigenvalue weighted by atomic mass is 10.2. The molecule has 0 aliphatic carbocycles. The third kappa shape index (κ3) is 5.40. The third-order valence-electron chi connectivity index (χ3n) is 2.18. The minimum absolute atomic E-state index is 0.0723. The molecular formula is C12H12F3N5O. The maximum Gasteiger partial charge on any atom is 0.422 e. The minimum atomic E-state index is -4.47. The molecule has 1 rings (SSSR count). The summed E-state index contributed by atoms with van der Waals surface area (Å²) in [4.78, 5) is 0. The number of amidine groups is 1. The van der Waals surface area contributed by atoms with Crippen LogP contribution in [0.25, 0.3) is 0 Å². The van der Waals surface area contributed by atoms with E-state index in [0.29, 0.717) is 5.56 Å². The summed E-state index contributed by atoms with van der Waals surface area (Å²) < 4.78 is 41.2. The number of nitrogens with one attached hydrogen (secondary N) is 2. The number of nitrogens with two attached hydrogens (primary N) is 1. The highest BCUT2D eigenvalue weighted by Crippen LogP contribution is 2.27. The lowest BCUT2D eigenvalue weighted by Crippen LogP contribution is -2.22. The van der Waals surface area contributed by atoms with Gasteiger partial charge in [-0.25, -0.2) is 0 Å². The summed E-state index contributed by atoms with van der Waals surface area (Å²) in [6.45, 7) is 0.233. The number of hydrazone groups is 1. The molecule has 21 heavy (non-hydrogen) atoms. The van der Waals surface area contributed by atoms with Crippen LogP contribution in [-0.2, 0) is 0 Å². The molecule has 0 saturated carbocycles. The zero-order valence-corrected chi connectivity index (χ0v) is 11.0. The monoisotopic (exact) mass is 299 g/mol. The van der Waals surface area contributed by atoms with Gasteiger partial charge >= 0.3 is 6.18 Å². The number of halogens is 3. The molecule has 0 aliphatic heterocycles. The molecule has 0 bridgehead atoms. The fourth-order valence-corrected chi connectivity index (χ4v) is 1.26. The fourth-order valence-electron chi connectivity index (χ4n) is 1.26. The van der Waals surface area contributed by atoms with Crippen LogP contribution in [0.2, 0.25) is 0 Å². The van der Waals surface area contributed by atoms with Crippen molar-refractivity contribution < 1.29 is 17.9 Å². The Morgan fingerprint density at radius 2 is 2.19 bits per heavy atom. The number of aryl methyl sites for hydroxylation is 1. The molecule has 0 radical (unpaired) electrons. The smallest absolute Gasteiger partial charge is 0.422 e. The number of hydrogen-bond acceptors (Lipinski definition) is 5. The molecule has 112 valence electrons. The zero-order chi connectivity index (χ0) is 16.0. The van der Waals surface area contributed by atoms with Crippen molar-refractivity contribution in [3.05, 3.63) is 23.8 Å². The first-order valence-electron chi connectivity index (χ1n) is 5.61. The van der Waals surface area contributed by atoms with Gasteiger partial charge in [0.05, 0.1) is 5.69 Å². The van der Waals surface area contributed by atoms with E-state index in [0.717, 1.165) is 0 Å². The molecule has 0 aromatic heterocycles. The average molecular weight is 299 g/mol. The van der Waals surface area contributed by atoms with Crippen molar-refractivity contribution in [1.29, 1.82) is 10.7 Å². The molecule has 6 nitrogen and oxygen atoms in total. The summed E-state index contributed by atoms with van der Waals surface area (Å²) in [6, 6.07) is 6.04. The van der Waals surface area contributed by atoms with Crippen molar-refractivity contribution in [3.8, 4) is 11.8 Å². The topological polar surface area (TPSA) is 107 Å². The van der Waals surface area contributed by atoms with Crippen molar-refractivity contribution in [1.82, 2.24) is 0 Å². The molecule has 0 atom stereocenters. The van der Waals surface area contributed by atoms with Crippen molar-refractivity contribution >= 4 is 17.2 Å². The molecule has 0 saturated heterocycles. The summed E-state index contributed by atoms with van der Waals surface area (Å²) in [5.74, 6) is -0.633. The van der Waals surface area contributed by atoms with E-state index in [-0.39, 0.29) is 11.4 Å². The van der Waals surface area contributed by atoms with Crippen molar-refractivity contribution in [2.45, 2.75) is 13.1 Å². The molecule has 0 fully saturated rings. The van der Waals surface area contributed by atoms with Crippen LogP contribution in [0.15, 0.2) is 23.3 Å². The lowest BCUT2D eigenvalue weighted by Gasteiger charge is -2.13. The van der Waals surface area contributed by atoms with Crippen molar-refractivity contribution in [2.24, 2.45) is 10.8 Å². The fraction of sp³-hybridized carbons (Fsp3) is 0.250. The van der Waals surface area contributed by atoms with Gasteiger partial charge in [-0.3, -0.25) is 10.8 Å². The van der Waals surface area contributed by atoms with Crippen LogP contribution in [0.3, 0.4) is 0 Å². The highest BCUT2D eigenvalue weighted by molar-refractivity contribution is 6.45. The Morgan fingerprint density at radius 1 is 1.52 bits per heavy atom. The number of rotatable bonds is 5. The molecule has 1 aromatic rings. The summed E-state index contributed by atoms with van der Waals surface area (Å²) in [7, 11) is 0. The summed E-state index contributed by atoms with van der Waals surface area (Å²) in [5, 5.41) is 19.3. The van der Waals surface area contributed by atoms with Gasteiger partial charge in [-0.2, -0.15) is 23.5 Å². The molecule has 4 N–H and O–H groups in total. The molecule has 0 amide bonds. The number of anilines is 1. The first-order valence-corrected chi connectivity index (χ1v) is 5.61. The van der Waals surface area contributed by atoms with E-state index in [1.165, 1.54) is 12.1 Å². The molecule has 0 spiro atoms. The van der Waals surface area contributed by atoms with Crippen LogP contribution in [0.5, 0.6) is 5.75 Å². The van der Waals surface area contributed by atoms with E-state index in [4.69, 9.17) is 16.4 Å². The van der Waals surface area contributed by atoms with Gasteiger partial charge in [0.25, 0.3) is 0 Å². The number of nitriles is 1. The maximum absolute atomic E-state index is 12.2. The predicted octanol–water partition coefficient (Wildman–Crippen LogP) is 2.16. The van der Waals surface area contributed by atoms with Crippen LogP contribution in [0.4, 0.5) is 18.9 Å². The van der Waals surface area contributed by atoms with Crippen molar-refractivity contribution in [3.63, 3.8) is 0 Å². The first kappa shape index (κ1) is 16.3. The van der Waals surface area contributed by atoms with Crippen LogP contribution < -0.4 is 15.9 Å². The second-order valence-corrected chi connectivity index (χ2v) is 4.00. The van der Waals surface area contributed by atoms with Gasteiger partial charge in [-0.15, -0.1) is 0 Å². The summed E-state index contributed by atoms with van der Waals surface area (Å²) in [5.41, 5.74) is 7.88. The summed E-state index contributed by atoms with van der Waals surface area (Å²) in [6.07, 6.45) is -4.47. The van der Waals surface area contributed by atoms with Gasteiger partial charge in [0.15, 0.2) is 12.4 Å². The predicted molar refractivity (Wildman–Crippen MR) is 71.3 cm³/mol. The SMILES string of the molecule is Cc1ccc(N/N=C(\C#N)C(=N)N)c(OCC(F)(F)F)c1. The standard InChI is InChI=1S/C12H12F3N5O/c1-7-2-3-8(19-20-9(5-16)11(17)18)10(4-7)21-6-12(13,14)15/h2-4,19H,6H2,1H3,(H3,17,18)/b20-9+. The van der Waals surface area contributed by atoms with E-state index in [2.05, 4.69) is 15.3 Å². The van der Waals surface area contributed by atoms with Crippen LogP contribution in [0, 0.1) is 23.7 Å². The van der Waals surface area contributed by atoms with E-state index in [1.807, 2.05) is 0 Å². The number of alkyl halides is 3. The Bertz CT molecular complexity index is 604. The van der Waals surface area contributed by atoms with Gasteiger partial charge in [0.2, 0.25) is 5.71 Å². The number of ether oxygens (including phenoxy) is 1. The highest BCUT2D eigenvalue weighted by Gasteiger charge is 2.28. The first-order chi connectivity index (χ1) is 9.73. The van der Waals surface area contributed by atoms with Gasteiger partial charge in [0.1, 0.15) is 11.8 Å². The quantitative estimate of drug-likeness (QED) is 0.440. The van der Waals surface area contributed by atoms with E-state index in [1.54, 1.807) is 19.1 Å². The zero-order valence-electron chi connectivity index (χ0n) is 11.0. The number of benzene rings is 1. The molecule has 1 aromatic carbocycles. The Balaban J connectivity index is 2.97. The van der Waals surface area contributed by atoms with Gasteiger partial charge in [-0.1, -0.05) is 6.07 Å². The maximum atomic E-state index is 12.2. The number of hydrogen-bond donors (Lipinski definition) is 3. The van der Waals surface area contributed by atoms with Crippen LogP contribution in [0.1, 0.15) is 5.56 Å². The van der Waals surface area contributed by atoms with Crippen molar-refractivity contribution in [2.75, 3.05) is 12.0 Å². The summed E-state index contributed by atoms with van der Waals surface area (Å²) >= 11 is 0. The van der Waals surface area contributed by atoms with Crippen LogP contribution in [-0.4, -0.2) is 24.3 Å². The second-order valence-electron chi connectivity index (χ2n) is 4.00. The van der Waals surface area contributed by atoms with E-state index in [9.17, 15) is 13.2 Å². The molecule has 9 heteroatoms. The van der Waals surface area contributed by atoms with E-state index >= 15 is 0 Å².